The number of hydrogen-bond acceptors (Lipinski definition) is 4. The summed E-state index contributed by atoms with van der Waals surface area (Å²) in [6, 6.07) is 4.09. The molecule has 8 heteroatoms. The summed E-state index contributed by atoms with van der Waals surface area (Å²) in [7, 11) is -3.87. The second-order valence-electron chi connectivity index (χ2n) is 8.57. The molecule has 3 rings (SSSR count). The van der Waals surface area contributed by atoms with Crippen LogP contribution in [0.2, 0.25) is 0 Å². The highest BCUT2D eigenvalue weighted by Gasteiger charge is 2.33. The first-order chi connectivity index (χ1) is 13.6. The molecule has 2 aliphatic rings. The Kier molecular flexibility index (Phi) is 6.33. The third-order valence-corrected chi connectivity index (χ3v) is 7.29. The molecule has 0 unspecified atom stereocenters. The molecule has 1 heterocycles. The summed E-state index contributed by atoms with van der Waals surface area (Å²) in [5.41, 5.74) is 1.58. The molecule has 0 radical (unpaired) electrons. The number of carbonyl (C=O) groups is 2. The van der Waals surface area contributed by atoms with Gasteiger partial charge in [0.1, 0.15) is 6.04 Å². The molecule has 0 saturated heterocycles. The largest absolute Gasteiger partial charge is 0.352 e. The Balaban J connectivity index is 1.80. The highest BCUT2D eigenvalue weighted by Crippen LogP contribution is 2.34. The number of anilines is 1. The van der Waals surface area contributed by atoms with Gasteiger partial charge in [-0.05, 0) is 55.9 Å². The SMILES string of the molecule is CC(=O)N1c2ccc(S(=O)(=O)N[C@@H](C(=O)NC3CCCC3)C(C)C)cc2C[C@@H]1C. The Labute approximate surface area is 173 Å². The van der Waals surface area contributed by atoms with E-state index in [1.54, 1.807) is 17.0 Å². The highest BCUT2D eigenvalue weighted by atomic mass is 32.2. The van der Waals surface area contributed by atoms with Gasteiger partial charge in [-0.3, -0.25) is 9.59 Å². The molecule has 2 atom stereocenters. The van der Waals surface area contributed by atoms with Crippen molar-refractivity contribution >= 4 is 27.5 Å². The Hall–Kier alpha value is -1.93. The maximum atomic E-state index is 13.0. The first kappa shape index (κ1) is 21.8. The number of carbonyl (C=O) groups excluding carboxylic acids is 2. The van der Waals surface area contributed by atoms with Gasteiger partial charge >= 0.3 is 0 Å². The van der Waals surface area contributed by atoms with Crippen LogP contribution < -0.4 is 14.9 Å². The van der Waals surface area contributed by atoms with E-state index in [1.807, 2.05) is 20.8 Å². The van der Waals surface area contributed by atoms with Crippen molar-refractivity contribution in [1.29, 1.82) is 0 Å². The Morgan fingerprint density at radius 3 is 2.41 bits per heavy atom. The van der Waals surface area contributed by atoms with Crippen molar-refractivity contribution in [1.82, 2.24) is 10.0 Å². The van der Waals surface area contributed by atoms with E-state index < -0.39 is 16.1 Å². The van der Waals surface area contributed by atoms with Gasteiger partial charge in [0, 0.05) is 24.7 Å². The molecule has 1 aliphatic heterocycles. The lowest BCUT2D eigenvalue weighted by Gasteiger charge is -2.24. The molecule has 1 saturated carbocycles. The zero-order valence-electron chi connectivity index (χ0n) is 17.6. The molecule has 1 aromatic carbocycles. The molecule has 0 spiro atoms. The van der Waals surface area contributed by atoms with E-state index in [1.165, 1.54) is 13.0 Å². The minimum Gasteiger partial charge on any atom is -0.352 e. The monoisotopic (exact) mass is 421 g/mol. The number of nitrogens with one attached hydrogen (secondary N) is 2. The van der Waals surface area contributed by atoms with Crippen LogP contribution in [0, 0.1) is 5.92 Å². The molecule has 0 bridgehead atoms. The standard InChI is InChI=1S/C21H31N3O4S/c1-13(2)20(21(26)22-17-7-5-6-8-17)23-29(27,28)18-9-10-19-16(12-18)11-14(3)24(19)15(4)25/h9-10,12-14,17,20,23H,5-8,11H2,1-4H3,(H,22,26)/t14-,20+/m0/s1. The molecule has 7 nitrogen and oxygen atoms in total. The van der Waals surface area contributed by atoms with Crippen LogP contribution in [-0.4, -0.2) is 38.4 Å². The van der Waals surface area contributed by atoms with E-state index in [0.717, 1.165) is 36.9 Å². The zero-order valence-corrected chi connectivity index (χ0v) is 18.4. The van der Waals surface area contributed by atoms with Crippen molar-refractivity contribution in [3.8, 4) is 0 Å². The van der Waals surface area contributed by atoms with E-state index in [2.05, 4.69) is 10.0 Å². The third-order valence-electron chi connectivity index (χ3n) is 5.85. The van der Waals surface area contributed by atoms with Gasteiger partial charge in [-0.2, -0.15) is 4.72 Å². The van der Waals surface area contributed by atoms with Gasteiger partial charge in [0.05, 0.1) is 4.90 Å². The minimum absolute atomic E-state index is 0.00554. The van der Waals surface area contributed by atoms with Crippen LogP contribution in [0.3, 0.4) is 0 Å². The normalized spacial score (nSPS) is 20.7. The van der Waals surface area contributed by atoms with Gasteiger partial charge in [-0.15, -0.1) is 0 Å². The number of amides is 2. The molecule has 0 aromatic heterocycles. The number of sulfonamides is 1. The summed E-state index contributed by atoms with van der Waals surface area (Å²) < 4.78 is 28.6. The van der Waals surface area contributed by atoms with Crippen molar-refractivity contribution in [2.75, 3.05) is 4.90 Å². The molecule has 29 heavy (non-hydrogen) atoms. The summed E-state index contributed by atoms with van der Waals surface area (Å²) in [5, 5.41) is 2.99. The molecule has 2 N–H and O–H groups in total. The summed E-state index contributed by atoms with van der Waals surface area (Å²) in [4.78, 5) is 26.4. The van der Waals surface area contributed by atoms with Gasteiger partial charge in [0.15, 0.2) is 0 Å². The van der Waals surface area contributed by atoms with Gasteiger partial charge in [0.25, 0.3) is 0 Å². The summed E-state index contributed by atoms with van der Waals surface area (Å²) in [6.45, 7) is 7.11. The van der Waals surface area contributed by atoms with E-state index in [9.17, 15) is 18.0 Å². The van der Waals surface area contributed by atoms with Gasteiger partial charge in [-0.1, -0.05) is 26.7 Å². The molecule has 1 aromatic rings. The lowest BCUT2D eigenvalue weighted by molar-refractivity contribution is -0.124. The Bertz CT molecular complexity index is 891. The number of fused-ring (bicyclic) bond motifs is 1. The fourth-order valence-electron chi connectivity index (χ4n) is 4.34. The first-order valence-electron chi connectivity index (χ1n) is 10.4. The number of benzene rings is 1. The second-order valence-corrected chi connectivity index (χ2v) is 10.3. The van der Waals surface area contributed by atoms with Crippen molar-refractivity contribution < 1.29 is 18.0 Å². The summed E-state index contributed by atoms with van der Waals surface area (Å²) in [5.74, 6) is -0.518. The molecule has 160 valence electrons. The van der Waals surface area contributed by atoms with Crippen molar-refractivity contribution in [2.24, 2.45) is 5.92 Å². The van der Waals surface area contributed by atoms with Crippen LogP contribution in [0.25, 0.3) is 0 Å². The Morgan fingerprint density at radius 2 is 1.83 bits per heavy atom. The van der Waals surface area contributed by atoms with E-state index in [0.29, 0.717) is 6.42 Å². The smallest absolute Gasteiger partial charge is 0.241 e. The minimum atomic E-state index is -3.87. The van der Waals surface area contributed by atoms with Crippen LogP contribution in [0.5, 0.6) is 0 Å². The van der Waals surface area contributed by atoms with Crippen LogP contribution in [0.4, 0.5) is 5.69 Å². The maximum absolute atomic E-state index is 13.0. The van der Waals surface area contributed by atoms with Crippen LogP contribution in [0.1, 0.15) is 58.9 Å². The summed E-state index contributed by atoms with van der Waals surface area (Å²) in [6.07, 6.45) is 4.67. The first-order valence-corrected chi connectivity index (χ1v) is 11.8. The van der Waals surface area contributed by atoms with Crippen molar-refractivity contribution in [2.45, 2.75) is 82.8 Å². The van der Waals surface area contributed by atoms with Crippen LogP contribution in [0.15, 0.2) is 23.1 Å². The Morgan fingerprint density at radius 1 is 1.17 bits per heavy atom. The number of rotatable bonds is 6. The zero-order chi connectivity index (χ0) is 21.3. The average Bonchev–Trinajstić information content (AvgIpc) is 3.24. The van der Waals surface area contributed by atoms with Crippen LogP contribution >= 0.6 is 0 Å². The maximum Gasteiger partial charge on any atom is 0.241 e. The molecule has 1 fully saturated rings. The van der Waals surface area contributed by atoms with Gasteiger partial charge in [0.2, 0.25) is 21.8 Å². The fraction of sp³-hybridized carbons (Fsp3) is 0.619. The third kappa shape index (κ3) is 4.64. The van der Waals surface area contributed by atoms with Gasteiger partial charge < -0.3 is 10.2 Å². The molecular weight excluding hydrogens is 390 g/mol. The molecular formula is C21H31N3O4S. The predicted octanol–water partition coefficient (Wildman–Crippen LogP) is 2.35. The molecule has 2 amide bonds. The van der Waals surface area contributed by atoms with E-state index >= 15 is 0 Å². The molecule has 1 aliphatic carbocycles. The van der Waals surface area contributed by atoms with Crippen molar-refractivity contribution in [3.63, 3.8) is 0 Å². The fourth-order valence-corrected chi connectivity index (χ4v) is 5.74. The van der Waals surface area contributed by atoms with E-state index in [4.69, 9.17) is 0 Å². The number of hydrogen-bond donors (Lipinski definition) is 2. The number of nitrogens with zero attached hydrogens (tertiary/aromatic N) is 1. The topological polar surface area (TPSA) is 95.6 Å². The van der Waals surface area contributed by atoms with Crippen LogP contribution in [-0.2, 0) is 26.0 Å². The van der Waals surface area contributed by atoms with Crippen molar-refractivity contribution in [3.05, 3.63) is 23.8 Å². The lowest BCUT2D eigenvalue weighted by atomic mass is 10.0. The predicted molar refractivity (Wildman–Crippen MR) is 112 cm³/mol. The lowest BCUT2D eigenvalue weighted by Crippen LogP contribution is -2.51. The second kappa shape index (κ2) is 8.44. The van der Waals surface area contributed by atoms with Gasteiger partial charge in [-0.25, -0.2) is 8.42 Å². The average molecular weight is 422 g/mol. The van der Waals surface area contributed by atoms with E-state index in [-0.39, 0.29) is 34.7 Å². The highest BCUT2D eigenvalue weighted by molar-refractivity contribution is 7.89. The summed E-state index contributed by atoms with van der Waals surface area (Å²) >= 11 is 0. The quantitative estimate of drug-likeness (QED) is 0.737.